The molecule has 4 rings (SSSR count). The number of fused-ring (bicyclic) bond motifs is 1. The number of hydrogen-bond acceptors (Lipinski definition) is 4. The topological polar surface area (TPSA) is 55.6 Å². The fourth-order valence-corrected chi connectivity index (χ4v) is 3.47. The number of imidazole rings is 1. The van der Waals surface area contributed by atoms with E-state index in [4.69, 9.17) is 0 Å². The Balaban J connectivity index is 1.54. The molecule has 0 saturated heterocycles. The lowest BCUT2D eigenvalue weighted by Gasteiger charge is -2.31. The second-order valence-corrected chi connectivity index (χ2v) is 7.49. The molecule has 1 saturated carbocycles. The molecule has 0 aromatic carbocycles. The van der Waals surface area contributed by atoms with Crippen LogP contribution in [0, 0.1) is 5.41 Å². The van der Waals surface area contributed by atoms with Crippen molar-refractivity contribution in [2.45, 2.75) is 58.4 Å². The van der Waals surface area contributed by atoms with Crippen molar-refractivity contribution in [3.05, 3.63) is 24.3 Å². The average molecular weight is 311 g/mol. The van der Waals surface area contributed by atoms with E-state index in [1.807, 2.05) is 6.33 Å². The zero-order valence-electron chi connectivity index (χ0n) is 14.0. The Labute approximate surface area is 137 Å². The second-order valence-electron chi connectivity index (χ2n) is 7.49. The lowest BCUT2D eigenvalue weighted by atomic mass is 9.78. The Morgan fingerprint density at radius 2 is 2.09 bits per heavy atom. The first kappa shape index (κ1) is 14.7. The Hall–Kier alpha value is -1.91. The van der Waals surface area contributed by atoms with Gasteiger partial charge in [0.25, 0.3) is 0 Å². The first-order chi connectivity index (χ1) is 11.1. The van der Waals surface area contributed by atoms with Crippen molar-refractivity contribution in [2.75, 3.05) is 11.9 Å². The molecule has 0 spiro atoms. The molecule has 5 nitrogen and oxygen atoms in total. The Morgan fingerprint density at radius 3 is 2.83 bits per heavy atom. The summed E-state index contributed by atoms with van der Waals surface area (Å²) in [6, 6.07) is 0.589. The molecule has 23 heavy (non-hydrogen) atoms. The van der Waals surface area contributed by atoms with Crippen molar-refractivity contribution < 1.29 is 0 Å². The first-order valence-electron chi connectivity index (χ1n) is 8.76. The molecule has 2 heterocycles. The van der Waals surface area contributed by atoms with Crippen molar-refractivity contribution >= 4 is 17.0 Å². The van der Waals surface area contributed by atoms with Crippen LogP contribution >= 0.6 is 0 Å². The Morgan fingerprint density at radius 1 is 1.22 bits per heavy atom. The molecular formula is C18H25N5. The van der Waals surface area contributed by atoms with Crippen LogP contribution in [0.5, 0.6) is 0 Å². The van der Waals surface area contributed by atoms with E-state index < -0.39 is 0 Å². The molecule has 122 valence electrons. The summed E-state index contributed by atoms with van der Waals surface area (Å²) in [5, 5.41) is 3.53. The monoisotopic (exact) mass is 311 g/mol. The van der Waals surface area contributed by atoms with E-state index in [9.17, 15) is 0 Å². The molecular weight excluding hydrogens is 286 g/mol. The number of aromatic nitrogens is 4. The van der Waals surface area contributed by atoms with Gasteiger partial charge in [-0.25, -0.2) is 15.0 Å². The number of hydrogen-bond donors (Lipinski definition) is 1. The summed E-state index contributed by atoms with van der Waals surface area (Å²) in [6.07, 6.45) is 13.6. The maximum atomic E-state index is 4.55. The van der Waals surface area contributed by atoms with E-state index in [-0.39, 0.29) is 5.41 Å². The van der Waals surface area contributed by atoms with E-state index >= 15 is 0 Å². The molecule has 2 aromatic rings. The second kappa shape index (κ2) is 5.62. The molecule has 2 aliphatic carbocycles. The normalized spacial score (nSPS) is 19.0. The molecule has 1 N–H and O–H groups in total. The van der Waals surface area contributed by atoms with Crippen LogP contribution in [0.25, 0.3) is 11.2 Å². The van der Waals surface area contributed by atoms with Gasteiger partial charge in [-0.1, -0.05) is 25.5 Å². The van der Waals surface area contributed by atoms with E-state index in [0.717, 1.165) is 23.5 Å². The van der Waals surface area contributed by atoms with Gasteiger partial charge in [0.2, 0.25) is 0 Å². The predicted octanol–water partition coefficient (Wildman–Crippen LogP) is 4.10. The number of anilines is 1. The van der Waals surface area contributed by atoms with Crippen LogP contribution in [0.4, 0.5) is 5.82 Å². The number of rotatable bonds is 5. The van der Waals surface area contributed by atoms with Gasteiger partial charge in [-0.3, -0.25) is 0 Å². The van der Waals surface area contributed by atoms with Crippen molar-refractivity contribution in [1.29, 1.82) is 0 Å². The van der Waals surface area contributed by atoms with Crippen LogP contribution < -0.4 is 5.32 Å². The van der Waals surface area contributed by atoms with Crippen LogP contribution in [0.15, 0.2) is 24.3 Å². The summed E-state index contributed by atoms with van der Waals surface area (Å²) in [5.41, 5.74) is 3.58. The summed E-state index contributed by atoms with van der Waals surface area (Å²) in [5.74, 6) is 0.860. The van der Waals surface area contributed by atoms with E-state index in [1.54, 1.807) is 11.9 Å². The molecule has 0 bridgehead atoms. The highest BCUT2D eigenvalue weighted by Gasteiger charge is 2.27. The smallest absolute Gasteiger partial charge is 0.165 e. The minimum Gasteiger partial charge on any atom is -0.367 e. The predicted molar refractivity (Wildman–Crippen MR) is 92.4 cm³/mol. The standard InChI is InChI=1S/C18H25N5/c1-18(2,13-6-4-3-5-7-13)10-19-16-15-17(21-11-20-16)23(12-22-15)14-8-9-14/h6,11-12,14H,3-5,7-10H2,1-2H3,(H,19,20,21). The lowest BCUT2D eigenvalue weighted by Crippen LogP contribution is -2.26. The fraction of sp³-hybridized carbons (Fsp3) is 0.611. The molecule has 0 atom stereocenters. The lowest BCUT2D eigenvalue weighted by molar-refractivity contribution is 0.438. The molecule has 0 radical (unpaired) electrons. The van der Waals surface area contributed by atoms with Gasteiger partial charge in [-0.2, -0.15) is 0 Å². The summed E-state index contributed by atoms with van der Waals surface area (Å²) < 4.78 is 2.19. The van der Waals surface area contributed by atoms with Gasteiger partial charge in [-0.15, -0.1) is 0 Å². The maximum Gasteiger partial charge on any atom is 0.165 e. The number of nitrogens with zero attached hydrogens (tertiary/aromatic N) is 4. The zero-order valence-corrected chi connectivity index (χ0v) is 14.0. The minimum atomic E-state index is 0.150. The highest BCUT2D eigenvalue weighted by Crippen LogP contribution is 2.37. The van der Waals surface area contributed by atoms with E-state index in [2.05, 4.69) is 44.8 Å². The van der Waals surface area contributed by atoms with Crippen LogP contribution in [-0.2, 0) is 0 Å². The van der Waals surface area contributed by atoms with Crippen molar-refractivity contribution in [1.82, 2.24) is 19.5 Å². The number of allylic oxidation sites excluding steroid dienone is 1. The van der Waals surface area contributed by atoms with Crippen molar-refractivity contribution in [3.8, 4) is 0 Å². The van der Waals surface area contributed by atoms with Gasteiger partial charge in [-0.05, 0) is 38.5 Å². The van der Waals surface area contributed by atoms with Gasteiger partial charge in [0.1, 0.15) is 11.8 Å². The van der Waals surface area contributed by atoms with Gasteiger partial charge in [0, 0.05) is 18.0 Å². The maximum absolute atomic E-state index is 4.55. The minimum absolute atomic E-state index is 0.150. The van der Waals surface area contributed by atoms with E-state index in [0.29, 0.717) is 6.04 Å². The highest BCUT2D eigenvalue weighted by atomic mass is 15.2. The fourth-order valence-electron chi connectivity index (χ4n) is 3.47. The quantitative estimate of drug-likeness (QED) is 0.845. The van der Waals surface area contributed by atoms with Gasteiger partial charge in [0.15, 0.2) is 11.5 Å². The van der Waals surface area contributed by atoms with Crippen LogP contribution in [0.2, 0.25) is 0 Å². The largest absolute Gasteiger partial charge is 0.367 e. The molecule has 2 aliphatic rings. The van der Waals surface area contributed by atoms with Crippen LogP contribution in [0.3, 0.4) is 0 Å². The van der Waals surface area contributed by atoms with Crippen molar-refractivity contribution in [2.24, 2.45) is 5.41 Å². The summed E-state index contributed by atoms with van der Waals surface area (Å²) in [7, 11) is 0. The van der Waals surface area contributed by atoms with Gasteiger partial charge >= 0.3 is 0 Å². The molecule has 2 aromatic heterocycles. The number of nitrogens with one attached hydrogen (secondary N) is 1. The summed E-state index contributed by atoms with van der Waals surface area (Å²) >= 11 is 0. The molecule has 0 unspecified atom stereocenters. The zero-order chi connectivity index (χ0) is 15.9. The third kappa shape index (κ3) is 2.84. The molecule has 0 amide bonds. The summed E-state index contributed by atoms with van der Waals surface area (Å²) in [6.45, 7) is 5.51. The van der Waals surface area contributed by atoms with Crippen LogP contribution in [0.1, 0.15) is 58.4 Å². The van der Waals surface area contributed by atoms with E-state index in [1.165, 1.54) is 38.5 Å². The molecule has 0 aliphatic heterocycles. The molecule has 1 fully saturated rings. The Kier molecular flexibility index (Phi) is 3.58. The SMILES string of the molecule is CC(C)(CNc1ncnc2c1ncn2C1CC1)C1=CCCCC1. The van der Waals surface area contributed by atoms with Crippen molar-refractivity contribution in [3.63, 3.8) is 0 Å². The van der Waals surface area contributed by atoms with Gasteiger partial charge < -0.3 is 9.88 Å². The van der Waals surface area contributed by atoms with Crippen LogP contribution in [-0.4, -0.2) is 26.1 Å². The average Bonchev–Trinajstić information content (AvgIpc) is 3.33. The Bertz CT molecular complexity index is 739. The van der Waals surface area contributed by atoms with Gasteiger partial charge in [0.05, 0.1) is 6.33 Å². The molecule has 5 heteroatoms. The summed E-state index contributed by atoms with van der Waals surface area (Å²) in [4.78, 5) is 13.4. The highest BCUT2D eigenvalue weighted by molar-refractivity contribution is 5.82. The first-order valence-corrected chi connectivity index (χ1v) is 8.76. The third-order valence-corrected chi connectivity index (χ3v) is 5.16. The third-order valence-electron chi connectivity index (χ3n) is 5.16.